The maximum absolute atomic E-state index is 6.17. The summed E-state index contributed by atoms with van der Waals surface area (Å²) in [5.41, 5.74) is 8.22. The second-order valence-electron chi connectivity index (χ2n) is 4.65. The molecular formula is C16H14ClN3O. The van der Waals surface area contributed by atoms with Gasteiger partial charge in [-0.25, -0.2) is 4.98 Å². The third-order valence-electron chi connectivity index (χ3n) is 3.28. The van der Waals surface area contributed by atoms with Gasteiger partial charge in [-0.15, -0.1) is 0 Å². The summed E-state index contributed by atoms with van der Waals surface area (Å²) in [4.78, 5) is 8.74. The summed E-state index contributed by atoms with van der Waals surface area (Å²) in [5, 5.41) is 1.50. The zero-order valence-electron chi connectivity index (χ0n) is 11.5. The standard InChI is InChI=1S/C16H14ClN3O/c1-10-11(9-18)4-7-15(20-10)21-14-6-5-13(17)12-3-2-8-19-16(12)14/h2-8H,9,18H2,1H3. The molecule has 2 heterocycles. The molecule has 0 saturated heterocycles. The zero-order chi connectivity index (χ0) is 14.8. The van der Waals surface area contributed by atoms with Crippen molar-refractivity contribution in [3.8, 4) is 11.6 Å². The van der Waals surface area contributed by atoms with Crippen LogP contribution < -0.4 is 10.5 Å². The minimum absolute atomic E-state index is 0.463. The number of nitrogens with two attached hydrogens (primary N) is 1. The molecular weight excluding hydrogens is 286 g/mol. The molecule has 1 aromatic carbocycles. The highest BCUT2D eigenvalue weighted by atomic mass is 35.5. The van der Waals surface area contributed by atoms with Gasteiger partial charge < -0.3 is 10.5 Å². The Balaban J connectivity index is 2.02. The Labute approximate surface area is 127 Å². The number of fused-ring (bicyclic) bond motifs is 1. The highest BCUT2D eigenvalue weighted by Gasteiger charge is 2.09. The van der Waals surface area contributed by atoms with Crippen molar-refractivity contribution in [2.24, 2.45) is 5.73 Å². The van der Waals surface area contributed by atoms with Crippen LogP contribution in [0.25, 0.3) is 10.9 Å². The minimum Gasteiger partial charge on any atom is -0.437 e. The molecule has 0 amide bonds. The fourth-order valence-corrected chi connectivity index (χ4v) is 2.36. The van der Waals surface area contributed by atoms with Crippen LogP contribution in [0.4, 0.5) is 0 Å². The highest BCUT2D eigenvalue weighted by molar-refractivity contribution is 6.35. The largest absolute Gasteiger partial charge is 0.437 e. The molecule has 0 saturated carbocycles. The Morgan fingerprint density at radius 1 is 1.19 bits per heavy atom. The molecule has 4 nitrogen and oxygen atoms in total. The van der Waals surface area contributed by atoms with Crippen molar-refractivity contribution in [1.29, 1.82) is 0 Å². The average Bonchev–Trinajstić information content (AvgIpc) is 2.51. The van der Waals surface area contributed by atoms with Crippen LogP contribution in [0.1, 0.15) is 11.3 Å². The molecule has 0 bridgehead atoms. The first-order valence-corrected chi connectivity index (χ1v) is 6.94. The molecule has 3 rings (SSSR count). The van der Waals surface area contributed by atoms with Crippen molar-refractivity contribution < 1.29 is 4.74 Å². The van der Waals surface area contributed by atoms with E-state index >= 15 is 0 Å². The lowest BCUT2D eigenvalue weighted by atomic mass is 10.2. The van der Waals surface area contributed by atoms with Gasteiger partial charge in [-0.2, -0.15) is 0 Å². The van der Waals surface area contributed by atoms with Crippen LogP contribution in [0.5, 0.6) is 11.6 Å². The lowest BCUT2D eigenvalue weighted by Gasteiger charge is -2.10. The molecule has 0 radical (unpaired) electrons. The van der Waals surface area contributed by atoms with Crippen molar-refractivity contribution in [2.75, 3.05) is 0 Å². The Morgan fingerprint density at radius 2 is 2.05 bits per heavy atom. The number of hydrogen-bond donors (Lipinski definition) is 1. The number of benzene rings is 1. The number of aryl methyl sites for hydroxylation is 1. The van der Waals surface area contributed by atoms with E-state index in [0.717, 1.165) is 16.6 Å². The summed E-state index contributed by atoms with van der Waals surface area (Å²) in [6.07, 6.45) is 1.71. The van der Waals surface area contributed by atoms with Crippen LogP contribution in [0, 0.1) is 6.92 Å². The molecule has 21 heavy (non-hydrogen) atoms. The van der Waals surface area contributed by atoms with Gasteiger partial charge in [0.15, 0.2) is 5.75 Å². The summed E-state index contributed by atoms with van der Waals surface area (Å²) in [6, 6.07) is 11.1. The first-order chi connectivity index (χ1) is 10.2. The Hall–Kier alpha value is -2.17. The second kappa shape index (κ2) is 5.68. The van der Waals surface area contributed by atoms with Gasteiger partial charge in [-0.3, -0.25) is 4.98 Å². The monoisotopic (exact) mass is 299 g/mol. The number of pyridine rings is 2. The van der Waals surface area contributed by atoms with Gasteiger partial charge in [0.05, 0.1) is 5.02 Å². The molecule has 0 aliphatic rings. The molecule has 0 aliphatic heterocycles. The lowest BCUT2D eigenvalue weighted by molar-refractivity contribution is 0.465. The fourth-order valence-electron chi connectivity index (χ4n) is 2.15. The molecule has 0 atom stereocenters. The van der Waals surface area contributed by atoms with E-state index in [1.54, 1.807) is 24.4 Å². The van der Waals surface area contributed by atoms with Gasteiger partial charge in [0.1, 0.15) is 5.52 Å². The highest BCUT2D eigenvalue weighted by Crippen LogP contribution is 2.32. The average molecular weight is 300 g/mol. The van der Waals surface area contributed by atoms with Gasteiger partial charge in [-0.1, -0.05) is 17.7 Å². The fraction of sp³-hybridized carbons (Fsp3) is 0.125. The molecule has 0 spiro atoms. The minimum atomic E-state index is 0.463. The van der Waals surface area contributed by atoms with E-state index in [1.807, 2.05) is 25.1 Å². The maximum Gasteiger partial charge on any atom is 0.219 e. The van der Waals surface area contributed by atoms with Crippen LogP contribution in [0.2, 0.25) is 5.02 Å². The molecule has 106 valence electrons. The van der Waals surface area contributed by atoms with Crippen molar-refractivity contribution >= 4 is 22.5 Å². The molecule has 0 fully saturated rings. The number of rotatable bonds is 3. The number of aromatic nitrogens is 2. The Kier molecular flexibility index (Phi) is 3.73. The lowest BCUT2D eigenvalue weighted by Crippen LogP contribution is -2.01. The summed E-state index contributed by atoms with van der Waals surface area (Å²) < 4.78 is 5.85. The zero-order valence-corrected chi connectivity index (χ0v) is 12.3. The van der Waals surface area contributed by atoms with Crippen LogP contribution in [0.3, 0.4) is 0 Å². The molecule has 5 heteroatoms. The summed E-state index contributed by atoms with van der Waals surface area (Å²) >= 11 is 6.17. The normalized spacial score (nSPS) is 10.8. The van der Waals surface area contributed by atoms with Crippen molar-refractivity contribution in [3.05, 3.63) is 58.9 Å². The van der Waals surface area contributed by atoms with Crippen molar-refractivity contribution in [2.45, 2.75) is 13.5 Å². The van der Waals surface area contributed by atoms with Gasteiger partial charge in [-0.05, 0) is 36.8 Å². The third-order valence-corrected chi connectivity index (χ3v) is 3.61. The topological polar surface area (TPSA) is 61.0 Å². The number of halogens is 1. The van der Waals surface area contributed by atoms with E-state index in [1.165, 1.54) is 0 Å². The van der Waals surface area contributed by atoms with Crippen LogP contribution in [-0.4, -0.2) is 9.97 Å². The van der Waals surface area contributed by atoms with Crippen molar-refractivity contribution in [1.82, 2.24) is 9.97 Å². The smallest absolute Gasteiger partial charge is 0.219 e. The van der Waals surface area contributed by atoms with Gasteiger partial charge >= 0.3 is 0 Å². The van der Waals surface area contributed by atoms with Gasteiger partial charge in [0, 0.05) is 29.9 Å². The first-order valence-electron chi connectivity index (χ1n) is 6.56. The number of nitrogens with zero attached hydrogens (tertiary/aromatic N) is 2. The molecule has 2 N–H and O–H groups in total. The number of hydrogen-bond acceptors (Lipinski definition) is 4. The molecule has 0 unspecified atom stereocenters. The first kappa shape index (κ1) is 13.8. The van der Waals surface area contributed by atoms with Crippen LogP contribution >= 0.6 is 11.6 Å². The predicted octanol–water partition coefficient (Wildman–Crippen LogP) is 3.84. The molecule has 0 aliphatic carbocycles. The van der Waals surface area contributed by atoms with E-state index in [2.05, 4.69) is 9.97 Å². The van der Waals surface area contributed by atoms with Crippen LogP contribution in [-0.2, 0) is 6.54 Å². The SMILES string of the molecule is Cc1nc(Oc2ccc(Cl)c3cccnc23)ccc1CN. The Bertz CT molecular complexity index is 805. The molecule has 2 aromatic heterocycles. The van der Waals surface area contributed by atoms with Crippen LogP contribution in [0.15, 0.2) is 42.6 Å². The van der Waals surface area contributed by atoms with E-state index in [9.17, 15) is 0 Å². The third kappa shape index (κ3) is 2.68. The predicted molar refractivity (Wildman–Crippen MR) is 83.7 cm³/mol. The van der Waals surface area contributed by atoms with Crippen molar-refractivity contribution in [3.63, 3.8) is 0 Å². The summed E-state index contributed by atoms with van der Waals surface area (Å²) in [5.74, 6) is 1.14. The summed E-state index contributed by atoms with van der Waals surface area (Å²) in [7, 11) is 0. The van der Waals surface area contributed by atoms with Gasteiger partial charge in [0.2, 0.25) is 5.88 Å². The van der Waals surface area contributed by atoms with E-state index < -0.39 is 0 Å². The van der Waals surface area contributed by atoms with E-state index in [4.69, 9.17) is 22.1 Å². The second-order valence-corrected chi connectivity index (χ2v) is 5.05. The summed E-state index contributed by atoms with van der Waals surface area (Å²) in [6.45, 7) is 2.37. The maximum atomic E-state index is 6.17. The van der Waals surface area contributed by atoms with E-state index in [-0.39, 0.29) is 0 Å². The Morgan fingerprint density at radius 3 is 2.81 bits per heavy atom. The van der Waals surface area contributed by atoms with Gasteiger partial charge in [0.25, 0.3) is 0 Å². The number of ether oxygens (including phenoxy) is 1. The quantitative estimate of drug-likeness (QED) is 0.798. The van der Waals surface area contributed by atoms with E-state index in [0.29, 0.717) is 28.7 Å². The molecule has 3 aromatic rings.